The first-order valence-electron chi connectivity index (χ1n) is 14.0. The van der Waals surface area contributed by atoms with Gasteiger partial charge in [-0.15, -0.1) is 11.3 Å². The third-order valence-electron chi connectivity index (χ3n) is 8.26. The minimum atomic E-state index is -0.483. The lowest BCUT2D eigenvalue weighted by atomic mass is 10.0. The van der Waals surface area contributed by atoms with Crippen molar-refractivity contribution in [2.45, 2.75) is 31.3 Å². The Balaban J connectivity index is 1.16. The van der Waals surface area contributed by atoms with Gasteiger partial charge in [-0.1, -0.05) is 0 Å². The van der Waals surface area contributed by atoms with E-state index < -0.39 is 5.91 Å². The molecule has 2 aliphatic rings. The van der Waals surface area contributed by atoms with Crippen LogP contribution in [0.5, 0.6) is 5.75 Å². The number of nitrogens with one attached hydrogen (secondary N) is 3. The molecule has 6 rings (SSSR count). The van der Waals surface area contributed by atoms with Gasteiger partial charge in [0.1, 0.15) is 22.1 Å². The van der Waals surface area contributed by atoms with Crippen LogP contribution in [0.3, 0.4) is 0 Å². The molecule has 0 bridgehead atoms. The van der Waals surface area contributed by atoms with Crippen molar-refractivity contribution in [2.75, 3.05) is 62.9 Å². The number of rotatable bonds is 9. The summed E-state index contributed by atoms with van der Waals surface area (Å²) in [5, 5.41) is 9.20. The maximum atomic E-state index is 11.8. The van der Waals surface area contributed by atoms with Crippen molar-refractivity contribution in [1.82, 2.24) is 24.8 Å². The zero-order valence-electron chi connectivity index (χ0n) is 23.7. The van der Waals surface area contributed by atoms with E-state index in [0.717, 1.165) is 35.6 Å². The fourth-order valence-electron chi connectivity index (χ4n) is 5.93. The molecule has 1 atom stereocenters. The molecule has 216 valence electrons. The number of carbonyl (C=O) groups is 1. The molecule has 41 heavy (non-hydrogen) atoms. The topological polar surface area (TPSA) is 128 Å². The smallest absolute Gasteiger partial charge is 0.260 e. The van der Waals surface area contributed by atoms with Crippen molar-refractivity contribution in [3.05, 3.63) is 46.8 Å². The minimum Gasteiger partial charge on any atom is -0.494 e. The lowest BCUT2D eigenvalue weighted by molar-refractivity contribution is 0.100. The number of H-pyrrole nitrogens is 1. The molecule has 2 fully saturated rings. The molecule has 2 aliphatic heterocycles. The zero-order chi connectivity index (χ0) is 28.5. The van der Waals surface area contributed by atoms with Gasteiger partial charge in [0.15, 0.2) is 0 Å². The average Bonchev–Trinajstić information content (AvgIpc) is 3.74. The van der Waals surface area contributed by atoms with Gasteiger partial charge in [0, 0.05) is 56.2 Å². The number of nitrogens with two attached hydrogens (primary N) is 1. The Morgan fingerprint density at radius 3 is 2.66 bits per heavy atom. The first-order chi connectivity index (χ1) is 19.9. The van der Waals surface area contributed by atoms with Crippen LogP contribution in [0.25, 0.3) is 11.0 Å². The maximum absolute atomic E-state index is 11.8. The Bertz CT molecular complexity index is 1530. The number of likely N-dealkylation sites (N-methyl/N-ethyl adjacent to an activating group) is 1. The zero-order valence-corrected chi connectivity index (χ0v) is 24.5. The third kappa shape index (κ3) is 5.67. The van der Waals surface area contributed by atoms with Crippen LogP contribution in [-0.4, -0.2) is 90.1 Å². The van der Waals surface area contributed by atoms with E-state index in [4.69, 9.17) is 15.5 Å². The SMILES string of the molecule is COc1cc(N2CCC(N3CCC(N(C)C)C3)CC2)ccc1Nc1nc(Nc2ccsc2C(N)=O)c2cc[nH]c2n1. The number of thiophene rings is 1. The number of hydrogen-bond donors (Lipinski definition) is 4. The summed E-state index contributed by atoms with van der Waals surface area (Å²) < 4.78 is 5.78. The van der Waals surface area contributed by atoms with Crippen molar-refractivity contribution in [1.29, 1.82) is 0 Å². The first-order valence-corrected chi connectivity index (χ1v) is 14.9. The van der Waals surface area contributed by atoms with Crippen molar-refractivity contribution in [2.24, 2.45) is 5.73 Å². The Kier molecular flexibility index (Phi) is 7.69. The van der Waals surface area contributed by atoms with Crippen LogP contribution in [0.15, 0.2) is 41.9 Å². The summed E-state index contributed by atoms with van der Waals surface area (Å²) in [6.07, 6.45) is 5.41. The molecule has 12 heteroatoms. The number of carbonyl (C=O) groups excluding carboxylic acids is 1. The quantitative estimate of drug-likeness (QED) is 0.232. The molecule has 5 heterocycles. The molecule has 11 nitrogen and oxygen atoms in total. The number of methoxy groups -OCH3 is 1. The van der Waals surface area contributed by atoms with Crippen LogP contribution in [0.4, 0.5) is 28.8 Å². The number of ether oxygens (including phenoxy) is 1. The van der Waals surface area contributed by atoms with Gasteiger partial charge in [-0.25, -0.2) is 0 Å². The minimum absolute atomic E-state index is 0.395. The van der Waals surface area contributed by atoms with Crippen molar-refractivity contribution >= 4 is 57.1 Å². The summed E-state index contributed by atoms with van der Waals surface area (Å²) in [6.45, 7) is 4.44. The highest BCUT2D eigenvalue weighted by atomic mass is 32.1. The molecule has 1 aromatic carbocycles. The highest BCUT2D eigenvalue weighted by Gasteiger charge is 2.31. The van der Waals surface area contributed by atoms with Crippen LogP contribution in [0, 0.1) is 0 Å². The first kappa shape index (κ1) is 27.3. The monoisotopic (exact) mass is 575 g/mol. The summed E-state index contributed by atoms with van der Waals surface area (Å²) in [5.41, 5.74) is 8.74. The lowest BCUT2D eigenvalue weighted by Crippen LogP contribution is -2.45. The Morgan fingerprint density at radius 2 is 1.93 bits per heavy atom. The average molecular weight is 576 g/mol. The van der Waals surface area contributed by atoms with Crippen LogP contribution in [0.2, 0.25) is 0 Å². The van der Waals surface area contributed by atoms with E-state index >= 15 is 0 Å². The van der Waals surface area contributed by atoms with Crippen LogP contribution in [-0.2, 0) is 0 Å². The second-order valence-corrected chi connectivity index (χ2v) is 11.8. The van der Waals surface area contributed by atoms with E-state index in [1.807, 2.05) is 23.6 Å². The van der Waals surface area contributed by atoms with E-state index in [0.29, 0.717) is 40.1 Å². The number of anilines is 5. The maximum Gasteiger partial charge on any atom is 0.260 e. The Labute approximate surface area is 243 Å². The second-order valence-electron chi connectivity index (χ2n) is 10.9. The number of likely N-dealkylation sites (tertiary alicyclic amines) is 1. The van der Waals surface area contributed by atoms with E-state index in [1.54, 1.807) is 13.3 Å². The molecule has 0 saturated carbocycles. The predicted molar refractivity (Wildman–Crippen MR) is 165 cm³/mol. The van der Waals surface area contributed by atoms with Gasteiger partial charge in [0.25, 0.3) is 5.91 Å². The number of aromatic nitrogens is 3. The van der Waals surface area contributed by atoms with E-state index in [1.165, 1.54) is 43.7 Å². The van der Waals surface area contributed by atoms with Gasteiger partial charge in [0.05, 0.1) is 23.9 Å². The van der Waals surface area contributed by atoms with Crippen molar-refractivity contribution < 1.29 is 9.53 Å². The molecule has 0 spiro atoms. The van der Waals surface area contributed by atoms with Gasteiger partial charge in [-0.05, 0) is 63.0 Å². The van der Waals surface area contributed by atoms with E-state index in [-0.39, 0.29) is 0 Å². The number of amides is 1. The Morgan fingerprint density at radius 1 is 1.10 bits per heavy atom. The van der Waals surface area contributed by atoms with Gasteiger partial charge >= 0.3 is 0 Å². The summed E-state index contributed by atoms with van der Waals surface area (Å²) >= 11 is 1.29. The highest BCUT2D eigenvalue weighted by molar-refractivity contribution is 7.12. The molecule has 2 saturated heterocycles. The molecule has 4 aromatic rings. The van der Waals surface area contributed by atoms with Crippen molar-refractivity contribution in [3.63, 3.8) is 0 Å². The number of nitrogens with zero attached hydrogens (tertiary/aromatic N) is 5. The number of piperidine rings is 1. The molecular formula is C29H37N9O2S. The molecule has 1 amide bonds. The lowest BCUT2D eigenvalue weighted by Gasteiger charge is -2.38. The third-order valence-corrected chi connectivity index (χ3v) is 9.19. The Hall–Kier alpha value is -3.87. The second kappa shape index (κ2) is 11.6. The summed E-state index contributed by atoms with van der Waals surface area (Å²) in [7, 11) is 6.05. The number of benzene rings is 1. The summed E-state index contributed by atoms with van der Waals surface area (Å²) in [4.78, 5) is 32.3. The molecule has 0 aliphatic carbocycles. The summed E-state index contributed by atoms with van der Waals surface area (Å²) in [6, 6.07) is 11.3. The molecule has 5 N–H and O–H groups in total. The number of primary amides is 1. The number of fused-ring (bicyclic) bond motifs is 1. The number of aromatic amines is 1. The number of hydrogen-bond acceptors (Lipinski definition) is 10. The summed E-state index contributed by atoms with van der Waals surface area (Å²) in [5.74, 6) is 1.19. The van der Waals surface area contributed by atoms with E-state index in [9.17, 15) is 4.79 Å². The van der Waals surface area contributed by atoms with Gasteiger partial charge in [-0.3, -0.25) is 9.69 Å². The molecular weight excluding hydrogens is 538 g/mol. The normalized spacial score (nSPS) is 18.3. The van der Waals surface area contributed by atoms with Gasteiger partial charge in [0.2, 0.25) is 5.95 Å². The largest absolute Gasteiger partial charge is 0.494 e. The fraction of sp³-hybridized carbons (Fsp3) is 0.414. The fourth-order valence-corrected chi connectivity index (χ4v) is 6.63. The molecule has 3 aromatic heterocycles. The van der Waals surface area contributed by atoms with Gasteiger partial charge in [-0.2, -0.15) is 9.97 Å². The molecule has 0 radical (unpaired) electrons. The van der Waals surface area contributed by atoms with Crippen molar-refractivity contribution in [3.8, 4) is 5.75 Å². The van der Waals surface area contributed by atoms with Crippen LogP contribution >= 0.6 is 11.3 Å². The predicted octanol–water partition coefficient (Wildman–Crippen LogP) is 4.22. The van der Waals surface area contributed by atoms with E-state index in [2.05, 4.69) is 61.5 Å². The van der Waals surface area contributed by atoms with Crippen LogP contribution < -0.4 is 26.0 Å². The standard InChI is InChI=1S/C29H37N9O2S/c1-36(2)20-9-14-38(17-20)18-7-12-37(13-8-18)19-4-5-22(24(16-19)40-3)33-29-34-27-21(6-11-31-27)28(35-29)32-23-10-15-41-25(23)26(30)39/h4-6,10-11,15-16,18,20H,7-9,12-14,17H2,1-3H3,(H2,30,39)(H3,31,32,33,34,35). The highest BCUT2D eigenvalue weighted by Crippen LogP contribution is 2.35. The van der Waals surface area contributed by atoms with Crippen LogP contribution in [0.1, 0.15) is 28.9 Å². The molecule has 1 unspecified atom stereocenters. The van der Waals surface area contributed by atoms with Gasteiger partial charge < -0.3 is 35.9 Å².